The van der Waals surface area contributed by atoms with E-state index in [2.05, 4.69) is 5.32 Å². The number of amides is 1. The Kier molecular flexibility index (Phi) is 5.91. The molecule has 6 nitrogen and oxygen atoms in total. The number of carbonyl (C=O) groups excluding carboxylic acids is 1. The number of carbonyl (C=O) groups is 1. The molecule has 4 aromatic rings. The van der Waals surface area contributed by atoms with Crippen LogP contribution in [0.4, 0.5) is 5.69 Å². The van der Waals surface area contributed by atoms with Crippen LogP contribution in [0.25, 0.3) is 16.9 Å². The van der Waals surface area contributed by atoms with Crippen LogP contribution in [0.2, 0.25) is 5.02 Å². The standard InChI is InChI=1S/C24H20ClN3O3/c1-30-21-13-8-16(14-22(21)31-2)23-20(15-28(27-23)19-6-4-3-5-7-19)24(29)26-18-11-9-17(25)10-12-18/h3-15H,1-2H3,(H,26,29). The van der Waals surface area contributed by atoms with Crippen molar-refractivity contribution in [1.82, 2.24) is 9.78 Å². The van der Waals surface area contributed by atoms with Gasteiger partial charge in [-0.3, -0.25) is 4.79 Å². The molecule has 156 valence electrons. The van der Waals surface area contributed by atoms with E-state index in [1.807, 2.05) is 36.4 Å². The number of aromatic nitrogens is 2. The van der Waals surface area contributed by atoms with Crippen LogP contribution in [0.3, 0.4) is 0 Å². The van der Waals surface area contributed by atoms with Gasteiger partial charge < -0.3 is 14.8 Å². The summed E-state index contributed by atoms with van der Waals surface area (Å²) in [5.74, 6) is 0.869. The topological polar surface area (TPSA) is 65.4 Å². The Morgan fingerprint density at radius 1 is 0.935 bits per heavy atom. The molecule has 7 heteroatoms. The molecular weight excluding hydrogens is 414 g/mol. The summed E-state index contributed by atoms with van der Waals surface area (Å²) in [6, 6.07) is 22.0. The molecule has 0 saturated carbocycles. The molecule has 0 spiro atoms. The van der Waals surface area contributed by atoms with Gasteiger partial charge in [0.15, 0.2) is 11.5 Å². The molecule has 0 saturated heterocycles. The average Bonchev–Trinajstić information content (AvgIpc) is 3.26. The molecule has 1 N–H and O–H groups in total. The van der Waals surface area contributed by atoms with Gasteiger partial charge in [0.25, 0.3) is 5.91 Å². The zero-order valence-corrected chi connectivity index (χ0v) is 17.8. The first kappa shape index (κ1) is 20.5. The molecule has 1 amide bonds. The summed E-state index contributed by atoms with van der Waals surface area (Å²) in [5, 5.41) is 8.20. The highest BCUT2D eigenvalue weighted by molar-refractivity contribution is 6.30. The highest BCUT2D eigenvalue weighted by atomic mass is 35.5. The molecule has 1 aromatic heterocycles. The first-order chi connectivity index (χ1) is 15.1. The van der Waals surface area contributed by atoms with Gasteiger partial charge >= 0.3 is 0 Å². The lowest BCUT2D eigenvalue weighted by atomic mass is 10.1. The van der Waals surface area contributed by atoms with Gasteiger partial charge in [0.1, 0.15) is 5.69 Å². The van der Waals surface area contributed by atoms with Gasteiger partial charge in [-0.05, 0) is 54.6 Å². The van der Waals surface area contributed by atoms with Crippen molar-refractivity contribution >= 4 is 23.2 Å². The van der Waals surface area contributed by atoms with Crippen LogP contribution in [0.15, 0.2) is 79.0 Å². The lowest BCUT2D eigenvalue weighted by molar-refractivity contribution is 0.102. The van der Waals surface area contributed by atoms with Crippen molar-refractivity contribution < 1.29 is 14.3 Å². The number of hydrogen-bond donors (Lipinski definition) is 1. The zero-order valence-electron chi connectivity index (χ0n) is 17.0. The summed E-state index contributed by atoms with van der Waals surface area (Å²) in [7, 11) is 3.14. The molecule has 0 fully saturated rings. The van der Waals surface area contributed by atoms with Gasteiger partial charge in [-0.15, -0.1) is 0 Å². The van der Waals surface area contributed by atoms with Crippen LogP contribution in [-0.4, -0.2) is 29.9 Å². The molecule has 31 heavy (non-hydrogen) atoms. The van der Waals surface area contributed by atoms with Crippen molar-refractivity contribution in [3.05, 3.63) is 89.6 Å². The Labute approximate surface area is 185 Å². The molecule has 0 unspecified atom stereocenters. The molecule has 1 heterocycles. The number of para-hydroxylation sites is 1. The lowest BCUT2D eigenvalue weighted by Gasteiger charge is -2.10. The number of methoxy groups -OCH3 is 2. The van der Waals surface area contributed by atoms with Crippen molar-refractivity contribution in [2.75, 3.05) is 19.5 Å². The van der Waals surface area contributed by atoms with Crippen LogP contribution in [0.1, 0.15) is 10.4 Å². The monoisotopic (exact) mass is 433 g/mol. The summed E-state index contributed by atoms with van der Waals surface area (Å²) in [4.78, 5) is 13.2. The van der Waals surface area contributed by atoms with Crippen molar-refractivity contribution in [3.63, 3.8) is 0 Å². The van der Waals surface area contributed by atoms with Crippen LogP contribution < -0.4 is 14.8 Å². The van der Waals surface area contributed by atoms with E-state index in [1.165, 1.54) is 0 Å². The van der Waals surface area contributed by atoms with Gasteiger partial charge in [0, 0.05) is 22.5 Å². The Morgan fingerprint density at radius 3 is 2.32 bits per heavy atom. The third-order valence-corrected chi connectivity index (χ3v) is 4.99. The summed E-state index contributed by atoms with van der Waals surface area (Å²) in [6.07, 6.45) is 1.71. The predicted octanol–water partition coefficient (Wildman–Crippen LogP) is 5.46. The van der Waals surface area contributed by atoms with E-state index in [-0.39, 0.29) is 5.91 Å². The Hall–Kier alpha value is -3.77. The van der Waals surface area contributed by atoms with Gasteiger partial charge in [-0.2, -0.15) is 5.10 Å². The first-order valence-electron chi connectivity index (χ1n) is 9.53. The second kappa shape index (κ2) is 8.93. The number of halogens is 1. The molecule has 3 aromatic carbocycles. The predicted molar refractivity (Wildman–Crippen MR) is 122 cm³/mol. The number of nitrogens with one attached hydrogen (secondary N) is 1. The van der Waals surface area contributed by atoms with Gasteiger partial charge in [0.05, 0.1) is 25.5 Å². The zero-order chi connectivity index (χ0) is 21.8. The molecule has 0 aliphatic rings. The Bertz CT molecular complexity index is 1200. The first-order valence-corrected chi connectivity index (χ1v) is 9.91. The van der Waals surface area contributed by atoms with E-state index in [9.17, 15) is 4.79 Å². The quantitative estimate of drug-likeness (QED) is 0.438. The maximum Gasteiger partial charge on any atom is 0.259 e. The number of hydrogen-bond acceptors (Lipinski definition) is 4. The minimum atomic E-state index is -0.283. The van der Waals surface area contributed by atoms with Gasteiger partial charge in [0.2, 0.25) is 0 Å². The van der Waals surface area contributed by atoms with Crippen LogP contribution in [-0.2, 0) is 0 Å². The highest BCUT2D eigenvalue weighted by Crippen LogP contribution is 2.33. The van der Waals surface area contributed by atoms with Gasteiger partial charge in [-0.25, -0.2) is 4.68 Å². The summed E-state index contributed by atoms with van der Waals surface area (Å²) in [5.41, 5.74) is 3.16. The number of anilines is 1. The largest absolute Gasteiger partial charge is 0.493 e. The fourth-order valence-corrected chi connectivity index (χ4v) is 3.31. The number of nitrogens with zero attached hydrogens (tertiary/aromatic N) is 2. The average molecular weight is 434 g/mol. The van der Waals surface area contributed by atoms with E-state index in [1.54, 1.807) is 61.5 Å². The summed E-state index contributed by atoms with van der Waals surface area (Å²) >= 11 is 5.95. The van der Waals surface area contributed by atoms with Crippen molar-refractivity contribution in [1.29, 1.82) is 0 Å². The molecule has 0 aliphatic heterocycles. The van der Waals surface area contributed by atoms with E-state index in [4.69, 9.17) is 26.2 Å². The second-order valence-electron chi connectivity index (χ2n) is 6.70. The minimum Gasteiger partial charge on any atom is -0.493 e. The fourth-order valence-electron chi connectivity index (χ4n) is 3.18. The molecule has 0 bridgehead atoms. The molecular formula is C24H20ClN3O3. The fraction of sp³-hybridized carbons (Fsp3) is 0.0833. The SMILES string of the molecule is COc1ccc(-c2nn(-c3ccccc3)cc2C(=O)Nc2ccc(Cl)cc2)cc1OC. The lowest BCUT2D eigenvalue weighted by Crippen LogP contribution is -2.12. The van der Waals surface area contributed by atoms with Crippen LogP contribution in [0.5, 0.6) is 11.5 Å². The Balaban J connectivity index is 1.78. The molecule has 0 radical (unpaired) electrons. The van der Waals surface area contributed by atoms with Crippen molar-refractivity contribution in [3.8, 4) is 28.4 Å². The third kappa shape index (κ3) is 4.39. The summed E-state index contributed by atoms with van der Waals surface area (Å²) < 4.78 is 12.4. The minimum absolute atomic E-state index is 0.283. The van der Waals surface area contributed by atoms with Gasteiger partial charge in [-0.1, -0.05) is 29.8 Å². The number of rotatable bonds is 6. The smallest absolute Gasteiger partial charge is 0.259 e. The van der Waals surface area contributed by atoms with Crippen molar-refractivity contribution in [2.45, 2.75) is 0 Å². The molecule has 4 rings (SSSR count). The van der Waals surface area contributed by atoms with E-state index in [0.29, 0.717) is 33.5 Å². The molecule has 0 aliphatic carbocycles. The Morgan fingerprint density at radius 2 is 1.65 bits per heavy atom. The van der Waals surface area contributed by atoms with E-state index >= 15 is 0 Å². The van der Waals surface area contributed by atoms with E-state index in [0.717, 1.165) is 11.3 Å². The second-order valence-corrected chi connectivity index (χ2v) is 7.14. The van der Waals surface area contributed by atoms with Crippen LogP contribution in [0, 0.1) is 0 Å². The number of ether oxygens (including phenoxy) is 2. The van der Waals surface area contributed by atoms with E-state index < -0.39 is 0 Å². The van der Waals surface area contributed by atoms with Crippen LogP contribution >= 0.6 is 11.6 Å². The maximum atomic E-state index is 13.2. The maximum absolute atomic E-state index is 13.2. The number of benzene rings is 3. The molecule has 0 atom stereocenters. The normalized spacial score (nSPS) is 10.5. The van der Waals surface area contributed by atoms with Crippen molar-refractivity contribution in [2.24, 2.45) is 0 Å². The summed E-state index contributed by atoms with van der Waals surface area (Å²) in [6.45, 7) is 0. The highest BCUT2D eigenvalue weighted by Gasteiger charge is 2.20. The third-order valence-electron chi connectivity index (χ3n) is 4.74.